The van der Waals surface area contributed by atoms with Crippen LogP contribution in [0.3, 0.4) is 0 Å². The normalized spacial score (nSPS) is 30.4. The van der Waals surface area contributed by atoms with Crippen LogP contribution in [0.2, 0.25) is 0 Å². The smallest absolute Gasteiger partial charge is 0.113 e. The van der Waals surface area contributed by atoms with Crippen LogP contribution in [0.1, 0.15) is 51.5 Å². The highest BCUT2D eigenvalue weighted by atomic mass is 32.2. The fraction of sp³-hybridized carbons (Fsp3) is 0.455. The Hall–Kier alpha value is -1.83. The van der Waals surface area contributed by atoms with Gasteiger partial charge in [-0.3, -0.25) is 0 Å². The molecule has 0 bridgehead atoms. The number of allylic oxidation sites excluding steroid dienone is 2. The molecule has 0 N–H and O–H groups in total. The first-order valence-corrected chi connectivity index (χ1v) is 10.6. The van der Waals surface area contributed by atoms with E-state index >= 15 is 0 Å². The van der Waals surface area contributed by atoms with Crippen LogP contribution < -0.4 is 0 Å². The molecule has 1 aromatic rings. The van der Waals surface area contributed by atoms with E-state index in [1.54, 1.807) is 19.1 Å². The van der Waals surface area contributed by atoms with Crippen LogP contribution in [0.5, 0.6) is 0 Å². The van der Waals surface area contributed by atoms with Gasteiger partial charge >= 0.3 is 0 Å². The Balaban J connectivity index is 2.14. The molecule has 0 heterocycles. The van der Waals surface area contributed by atoms with Gasteiger partial charge in [-0.1, -0.05) is 79.8 Å². The lowest BCUT2D eigenvalue weighted by molar-refractivity contribution is 0.229. The molecule has 1 fully saturated rings. The Morgan fingerprint density at radius 3 is 2.04 bits per heavy atom. The van der Waals surface area contributed by atoms with Crippen molar-refractivity contribution >= 4 is 10.1 Å². The van der Waals surface area contributed by atoms with E-state index in [2.05, 4.69) is 11.8 Å². The first-order chi connectivity index (χ1) is 12.3. The fourth-order valence-corrected chi connectivity index (χ4v) is 5.63. The van der Waals surface area contributed by atoms with E-state index in [9.17, 15) is 13.0 Å². The molecule has 0 unspecified atom stereocenters. The Bertz CT molecular complexity index is 862. The van der Waals surface area contributed by atoms with Gasteiger partial charge in [0.25, 0.3) is 0 Å². The van der Waals surface area contributed by atoms with E-state index in [4.69, 9.17) is 0 Å². The molecule has 0 aliphatic heterocycles. The average Bonchev–Trinajstić information content (AvgIpc) is 2.63. The fourth-order valence-electron chi connectivity index (χ4n) is 4.43. The molecular weight excluding hydrogens is 344 g/mol. The minimum atomic E-state index is -4.63. The molecule has 0 radical (unpaired) electrons. The summed E-state index contributed by atoms with van der Waals surface area (Å²) in [6.07, 6.45) is 11.1. The third-order valence-electron chi connectivity index (χ3n) is 5.98. The van der Waals surface area contributed by atoms with Gasteiger partial charge in [-0.05, 0) is 32.3 Å². The van der Waals surface area contributed by atoms with Crippen molar-refractivity contribution in [2.45, 2.75) is 56.1 Å². The van der Waals surface area contributed by atoms with Crippen LogP contribution in [0.15, 0.2) is 54.6 Å². The predicted octanol–water partition coefficient (Wildman–Crippen LogP) is 4.33. The zero-order chi connectivity index (χ0) is 18.9. The Morgan fingerprint density at radius 2 is 1.54 bits per heavy atom. The van der Waals surface area contributed by atoms with E-state index in [-0.39, 0.29) is 0 Å². The first-order valence-electron chi connectivity index (χ1n) is 9.14. The molecule has 138 valence electrons. The Kier molecular flexibility index (Phi) is 4.90. The van der Waals surface area contributed by atoms with Crippen molar-refractivity contribution in [1.29, 1.82) is 0 Å². The number of hydrogen-bond donors (Lipinski definition) is 0. The van der Waals surface area contributed by atoms with Crippen molar-refractivity contribution in [3.8, 4) is 11.8 Å². The summed E-state index contributed by atoms with van der Waals surface area (Å²) in [6, 6.07) is 9.88. The third-order valence-corrected chi connectivity index (χ3v) is 7.47. The topological polar surface area (TPSA) is 57.2 Å². The summed E-state index contributed by atoms with van der Waals surface area (Å²) >= 11 is 0. The zero-order valence-corrected chi connectivity index (χ0v) is 16.2. The number of benzene rings is 1. The number of hydrogen-bond acceptors (Lipinski definition) is 3. The van der Waals surface area contributed by atoms with Crippen LogP contribution in [-0.4, -0.2) is 17.7 Å². The van der Waals surface area contributed by atoms with Gasteiger partial charge < -0.3 is 4.55 Å². The maximum absolute atomic E-state index is 12.5. The summed E-state index contributed by atoms with van der Waals surface area (Å²) in [7, 11) is -4.63. The van der Waals surface area contributed by atoms with E-state index < -0.39 is 25.7 Å². The van der Waals surface area contributed by atoms with E-state index in [0.717, 1.165) is 24.8 Å². The van der Waals surface area contributed by atoms with Gasteiger partial charge in [0.2, 0.25) is 0 Å². The zero-order valence-electron chi connectivity index (χ0n) is 15.4. The van der Waals surface area contributed by atoms with Gasteiger partial charge in [0.05, 0.1) is 5.41 Å². The van der Waals surface area contributed by atoms with Crippen LogP contribution in [0.25, 0.3) is 0 Å². The summed E-state index contributed by atoms with van der Waals surface area (Å²) < 4.78 is 35.9. The molecule has 1 aromatic carbocycles. The van der Waals surface area contributed by atoms with Gasteiger partial charge in [0, 0.05) is 5.41 Å². The molecule has 0 atom stereocenters. The van der Waals surface area contributed by atoms with E-state index in [1.165, 1.54) is 0 Å². The van der Waals surface area contributed by atoms with Crippen molar-refractivity contribution in [2.75, 3.05) is 0 Å². The van der Waals surface area contributed by atoms with Crippen molar-refractivity contribution in [2.24, 2.45) is 5.41 Å². The minimum absolute atomic E-state index is 0.440. The van der Waals surface area contributed by atoms with Crippen molar-refractivity contribution in [3.05, 3.63) is 60.2 Å². The highest BCUT2D eigenvalue weighted by molar-refractivity contribution is 7.87. The average molecular weight is 370 g/mol. The van der Waals surface area contributed by atoms with Gasteiger partial charge in [-0.2, -0.15) is 0 Å². The van der Waals surface area contributed by atoms with Crippen LogP contribution in [-0.2, 0) is 15.5 Å². The summed E-state index contributed by atoms with van der Waals surface area (Å²) in [6.45, 7) is 3.74. The number of rotatable bonds is 3. The predicted molar refractivity (Wildman–Crippen MR) is 103 cm³/mol. The lowest BCUT2D eigenvalue weighted by Crippen LogP contribution is -2.53. The molecule has 3 rings (SSSR count). The first kappa shape index (κ1) is 18.9. The highest BCUT2D eigenvalue weighted by Crippen LogP contribution is 2.52. The summed E-state index contributed by atoms with van der Waals surface area (Å²) in [5.74, 6) is 6.05. The molecule has 2 aliphatic carbocycles. The molecule has 0 saturated heterocycles. The lowest BCUT2D eigenvalue weighted by Gasteiger charge is -2.49. The van der Waals surface area contributed by atoms with Gasteiger partial charge in [-0.25, -0.2) is 8.42 Å². The summed E-state index contributed by atoms with van der Waals surface area (Å²) in [5, 5.41) is 0. The molecule has 3 nitrogen and oxygen atoms in total. The molecular formula is C22H25O3S-. The molecule has 0 spiro atoms. The van der Waals surface area contributed by atoms with Crippen LogP contribution in [0, 0.1) is 17.3 Å². The second-order valence-electron chi connectivity index (χ2n) is 7.58. The quantitative estimate of drug-likeness (QED) is 0.453. The SMILES string of the molecule is CC#CC1(C2(S(=O)(=O)[O-])C=CC(C)(c3ccccc3)C=C2)CCCCC1. The summed E-state index contributed by atoms with van der Waals surface area (Å²) in [4.78, 5) is 0. The summed E-state index contributed by atoms with van der Waals surface area (Å²) in [5.41, 5.74) is -0.222. The molecule has 26 heavy (non-hydrogen) atoms. The van der Waals surface area contributed by atoms with Gasteiger partial charge in [0.1, 0.15) is 14.9 Å². The molecule has 0 aromatic heterocycles. The van der Waals surface area contributed by atoms with Crippen molar-refractivity contribution < 1.29 is 13.0 Å². The van der Waals surface area contributed by atoms with Crippen LogP contribution >= 0.6 is 0 Å². The molecule has 0 amide bonds. The lowest BCUT2D eigenvalue weighted by atomic mass is 9.62. The Labute approximate surface area is 157 Å². The van der Waals surface area contributed by atoms with E-state index in [0.29, 0.717) is 12.8 Å². The van der Waals surface area contributed by atoms with E-state index in [1.807, 2.05) is 49.4 Å². The molecule has 1 saturated carbocycles. The second kappa shape index (κ2) is 6.72. The largest absolute Gasteiger partial charge is 0.747 e. The maximum atomic E-state index is 12.5. The minimum Gasteiger partial charge on any atom is -0.747 e. The molecule has 2 aliphatic rings. The van der Waals surface area contributed by atoms with Crippen LogP contribution in [0.4, 0.5) is 0 Å². The standard InChI is InChI=1S/C22H26O3S/c1-3-12-21(13-8-5-9-14-21)22(26(23,24)25)17-15-20(2,16-18-22)19-10-6-4-7-11-19/h4,6-7,10-11,15-18H,5,8-9,13-14H2,1-2H3,(H,23,24,25)/p-1. The monoisotopic (exact) mass is 369 g/mol. The Morgan fingerprint density at radius 1 is 0.962 bits per heavy atom. The van der Waals surface area contributed by atoms with Crippen molar-refractivity contribution in [3.63, 3.8) is 0 Å². The third kappa shape index (κ3) is 2.94. The van der Waals surface area contributed by atoms with Crippen molar-refractivity contribution in [1.82, 2.24) is 0 Å². The molecule has 4 heteroatoms. The van der Waals surface area contributed by atoms with Gasteiger partial charge in [0.15, 0.2) is 0 Å². The van der Waals surface area contributed by atoms with Gasteiger partial charge in [-0.15, -0.1) is 5.92 Å². The second-order valence-corrected chi connectivity index (χ2v) is 9.16. The highest BCUT2D eigenvalue weighted by Gasteiger charge is 2.54. The maximum Gasteiger partial charge on any atom is 0.113 e.